The number of hydrogen-bond donors (Lipinski definition) is 1. The number of nitrogens with zero attached hydrogens (tertiary/aromatic N) is 3. The Morgan fingerprint density at radius 3 is 2.83 bits per heavy atom. The van der Waals surface area contributed by atoms with Gasteiger partial charge in [0.25, 0.3) is 5.91 Å². The van der Waals surface area contributed by atoms with Gasteiger partial charge in [0.1, 0.15) is 5.70 Å². The number of hydrazone groups is 1. The Morgan fingerprint density at radius 1 is 1.24 bits per heavy atom. The quantitative estimate of drug-likeness (QED) is 0.637. The van der Waals surface area contributed by atoms with Crippen LogP contribution in [0.2, 0.25) is 0 Å². The first-order valence-corrected chi connectivity index (χ1v) is 11.4. The van der Waals surface area contributed by atoms with Crippen LogP contribution in [0.15, 0.2) is 49.4 Å². The van der Waals surface area contributed by atoms with E-state index in [0.717, 1.165) is 30.8 Å². The van der Waals surface area contributed by atoms with E-state index in [4.69, 9.17) is 19.6 Å². The van der Waals surface area contributed by atoms with Gasteiger partial charge in [-0.3, -0.25) is 15.1 Å². The summed E-state index contributed by atoms with van der Waals surface area (Å²) < 4.78 is 12.7. The molecule has 0 radical (unpaired) electrons. The van der Waals surface area contributed by atoms with Crippen molar-refractivity contribution >= 4 is 60.4 Å². The van der Waals surface area contributed by atoms with Gasteiger partial charge < -0.3 is 9.47 Å². The van der Waals surface area contributed by atoms with Crippen LogP contribution in [0.25, 0.3) is 5.70 Å². The molecule has 2 aromatic rings. The average molecular weight is 538 g/mol. The van der Waals surface area contributed by atoms with Gasteiger partial charge in [-0.25, -0.2) is 5.01 Å². The van der Waals surface area contributed by atoms with Crippen molar-refractivity contribution in [3.05, 3.63) is 55.4 Å². The number of hydrogen-bond acceptors (Lipinski definition) is 7. The second-order valence-electron chi connectivity index (χ2n) is 6.38. The number of ether oxygens (including phenoxy) is 2. The molecule has 0 unspecified atom stereocenters. The van der Waals surface area contributed by atoms with E-state index in [1.807, 2.05) is 37.3 Å². The molecule has 0 aliphatic carbocycles. The van der Waals surface area contributed by atoms with Gasteiger partial charge in [0.05, 0.1) is 5.36 Å². The molecule has 2 aromatic carbocycles. The van der Waals surface area contributed by atoms with E-state index in [1.165, 1.54) is 11.8 Å². The molecule has 3 heterocycles. The number of carbonyl (C=O) groups is 1. The predicted molar refractivity (Wildman–Crippen MR) is 117 cm³/mol. The highest BCUT2D eigenvalue weighted by atomic mass is 79.9. The summed E-state index contributed by atoms with van der Waals surface area (Å²) in [4.78, 5) is 18.0. The topological polar surface area (TPSA) is 75.5 Å². The maximum atomic E-state index is 13.0. The van der Waals surface area contributed by atoms with Gasteiger partial charge in [0, 0.05) is 19.7 Å². The lowest BCUT2D eigenvalue weighted by molar-refractivity contribution is -0.116. The van der Waals surface area contributed by atoms with Gasteiger partial charge in [-0.05, 0) is 36.1 Å². The third-order valence-electron chi connectivity index (χ3n) is 4.62. The molecule has 148 valence electrons. The van der Waals surface area contributed by atoms with Gasteiger partial charge in [0.15, 0.2) is 22.8 Å². The zero-order chi connectivity index (χ0) is 20.1. The number of thioether (sulfide) groups is 1. The molecule has 7 nitrogen and oxygen atoms in total. The van der Waals surface area contributed by atoms with E-state index in [1.54, 1.807) is 5.01 Å². The van der Waals surface area contributed by atoms with Gasteiger partial charge >= 0.3 is 0 Å². The number of fused-ring (bicyclic) bond motifs is 3. The third-order valence-corrected chi connectivity index (χ3v) is 6.55. The SMILES string of the molecule is CCSC1=NN2C(=c3cc(Br)ccc3=N[C@H]2c2cc3c(cc2Br)OCO3)C(=O)N1. The van der Waals surface area contributed by atoms with Crippen LogP contribution in [-0.4, -0.2) is 28.6 Å². The fourth-order valence-corrected chi connectivity index (χ4v) is 4.86. The second-order valence-corrected chi connectivity index (χ2v) is 9.40. The summed E-state index contributed by atoms with van der Waals surface area (Å²) in [5.74, 6) is 1.91. The number of rotatable bonds is 2. The number of nitrogens with one attached hydrogen (secondary N) is 1. The zero-order valence-corrected chi connectivity index (χ0v) is 19.1. The fraction of sp³-hybridized carbons (Fsp3) is 0.211. The highest BCUT2D eigenvalue weighted by molar-refractivity contribution is 9.10. The van der Waals surface area contributed by atoms with Gasteiger partial charge in [0.2, 0.25) is 6.79 Å². The second kappa shape index (κ2) is 7.33. The fourth-order valence-electron chi connectivity index (χ4n) is 3.39. The van der Waals surface area contributed by atoms with E-state index in [-0.39, 0.29) is 12.7 Å². The van der Waals surface area contributed by atoms with Crippen LogP contribution in [0.3, 0.4) is 0 Å². The van der Waals surface area contributed by atoms with E-state index in [0.29, 0.717) is 22.4 Å². The molecule has 0 aromatic heterocycles. The van der Waals surface area contributed by atoms with Gasteiger partial charge in [-0.15, -0.1) is 5.10 Å². The molecule has 1 N–H and O–H groups in total. The van der Waals surface area contributed by atoms with Gasteiger partial charge in [-0.1, -0.05) is 50.5 Å². The van der Waals surface area contributed by atoms with Crippen molar-refractivity contribution in [1.29, 1.82) is 0 Å². The summed E-state index contributed by atoms with van der Waals surface area (Å²) in [5, 5.41) is 11.3. The Morgan fingerprint density at radius 2 is 2.03 bits per heavy atom. The highest BCUT2D eigenvalue weighted by Crippen LogP contribution is 2.42. The predicted octanol–water partition coefficient (Wildman–Crippen LogP) is 2.84. The number of amides is 1. The van der Waals surface area contributed by atoms with E-state index in [9.17, 15) is 4.79 Å². The lowest BCUT2D eigenvalue weighted by Crippen LogP contribution is -2.50. The molecule has 1 amide bonds. The summed E-state index contributed by atoms with van der Waals surface area (Å²) in [7, 11) is 0. The monoisotopic (exact) mass is 536 g/mol. The molecule has 0 spiro atoms. The molecule has 29 heavy (non-hydrogen) atoms. The van der Waals surface area contributed by atoms with Crippen LogP contribution in [-0.2, 0) is 4.79 Å². The summed E-state index contributed by atoms with van der Waals surface area (Å²) in [6.07, 6.45) is -0.527. The van der Waals surface area contributed by atoms with Crippen LogP contribution in [0.4, 0.5) is 0 Å². The Kier molecular flexibility index (Phi) is 4.79. The molecule has 0 saturated carbocycles. The minimum absolute atomic E-state index is 0.183. The van der Waals surface area contributed by atoms with Crippen molar-refractivity contribution in [1.82, 2.24) is 10.3 Å². The molecule has 0 bridgehead atoms. The third kappa shape index (κ3) is 3.23. The molecule has 3 aliphatic rings. The molecule has 1 atom stereocenters. The van der Waals surface area contributed by atoms with E-state index in [2.05, 4.69) is 37.2 Å². The van der Waals surface area contributed by atoms with Crippen LogP contribution >= 0.6 is 43.6 Å². The first-order chi connectivity index (χ1) is 14.0. The number of halogens is 2. The maximum Gasteiger partial charge on any atom is 0.276 e. The molecular formula is C19H14Br2N4O3S. The Balaban J connectivity index is 1.75. The normalized spacial score (nSPS) is 19.2. The first-order valence-electron chi connectivity index (χ1n) is 8.84. The number of carbonyl (C=O) groups excluding carboxylic acids is 1. The largest absolute Gasteiger partial charge is 0.454 e. The summed E-state index contributed by atoms with van der Waals surface area (Å²) in [6.45, 7) is 2.19. The number of amidine groups is 1. The van der Waals surface area contributed by atoms with Crippen LogP contribution in [0.5, 0.6) is 11.5 Å². The molecule has 0 fully saturated rings. The van der Waals surface area contributed by atoms with Gasteiger partial charge in [-0.2, -0.15) is 0 Å². The van der Waals surface area contributed by atoms with Crippen LogP contribution in [0.1, 0.15) is 18.7 Å². The molecule has 5 rings (SSSR count). The Labute approximate surface area is 187 Å². The molecular weight excluding hydrogens is 524 g/mol. The summed E-state index contributed by atoms with van der Waals surface area (Å²) >= 11 is 8.58. The van der Waals surface area contributed by atoms with Crippen molar-refractivity contribution in [2.45, 2.75) is 13.1 Å². The van der Waals surface area contributed by atoms with Crippen molar-refractivity contribution < 1.29 is 14.3 Å². The molecule has 0 saturated heterocycles. The molecule has 3 aliphatic heterocycles. The smallest absolute Gasteiger partial charge is 0.276 e. The van der Waals surface area contributed by atoms with Crippen molar-refractivity contribution in [2.24, 2.45) is 10.1 Å². The number of benzene rings is 2. The van der Waals surface area contributed by atoms with Crippen LogP contribution < -0.4 is 25.4 Å². The lowest BCUT2D eigenvalue weighted by Gasteiger charge is -2.34. The van der Waals surface area contributed by atoms with Crippen molar-refractivity contribution in [3.8, 4) is 11.5 Å². The Bertz CT molecular complexity index is 1200. The minimum Gasteiger partial charge on any atom is -0.454 e. The van der Waals surface area contributed by atoms with E-state index >= 15 is 0 Å². The summed E-state index contributed by atoms with van der Waals surface area (Å²) in [6, 6.07) is 9.44. The zero-order valence-electron chi connectivity index (χ0n) is 15.1. The minimum atomic E-state index is -0.527. The average Bonchev–Trinajstić information content (AvgIpc) is 3.14. The summed E-state index contributed by atoms with van der Waals surface area (Å²) in [5.41, 5.74) is 1.30. The standard InChI is InChI=1S/C19H14Br2N4O3S/c1-2-29-19-23-18(26)16-11-5-9(20)3-4-13(11)22-17(25(16)24-19)10-6-14-15(7-12(10)21)28-8-27-14/h3-7,17H,2,8H2,1H3,(H,23,24,26)/t17-/m1/s1. The lowest BCUT2D eigenvalue weighted by atomic mass is 10.1. The first kappa shape index (κ1) is 19.0. The van der Waals surface area contributed by atoms with Crippen LogP contribution in [0, 0.1) is 0 Å². The maximum absolute atomic E-state index is 13.0. The van der Waals surface area contributed by atoms with Crippen molar-refractivity contribution in [2.75, 3.05) is 12.5 Å². The molecule has 10 heteroatoms. The Hall–Kier alpha value is -2.04. The highest BCUT2D eigenvalue weighted by Gasteiger charge is 2.36. The van der Waals surface area contributed by atoms with E-state index < -0.39 is 6.17 Å². The van der Waals surface area contributed by atoms with Crippen molar-refractivity contribution in [3.63, 3.8) is 0 Å².